The number of unbranched alkanes of at least 4 members (excludes halogenated alkanes) is 1. The molecule has 0 saturated carbocycles. The molecule has 0 radical (unpaired) electrons. The Balaban J connectivity index is 1.54. The van der Waals surface area contributed by atoms with E-state index in [0.29, 0.717) is 0 Å². The molecular weight excluding hydrogens is 278 g/mol. The Labute approximate surface area is 131 Å². The Bertz CT molecular complexity index is 539. The van der Waals surface area contributed by atoms with Crippen LogP contribution in [0, 0.1) is 6.92 Å². The minimum absolute atomic E-state index is 0.799. The van der Waals surface area contributed by atoms with Gasteiger partial charge in [-0.25, -0.2) is 0 Å². The highest BCUT2D eigenvalue weighted by Gasteiger charge is 1.98. The smallest absolute Gasteiger partial charge is 0.122 e. The molecule has 0 fully saturated rings. The van der Waals surface area contributed by atoms with Gasteiger partial charge in [-0.1, -0.05) is 30.3 Å². The summed E-state index contributed by atoms with van der Waals surface area (Å²) >= 11 is 1.97. The van der Waals surface area contributed by atoms with Crippen molar-refractivity contribution in [1.29, 1.82) is 0 Å². The zero-order chi connectivity index (χ0) is 14.9. The summed E-state index contributed by atoms with van der Waals surface area (Å²) in [6, 6.07) is 16.3. The molecule has 3 heteroatoms. The van der Waals surface area contributed by atoms with Crippen molar-refractivity contribution in [2.45, 2.75) is 25.5 Å². The second kappa shape index (κ2) is 8.63. The molecule has 21 heavy (non-hydrogen) atoms. The Morgan fingerprint density at radius 3 is 2.52 bits per heavy atom. The molecule has 2 aromatic rings. The van der Waals surface area contributed by atoms with Gasteiger partial charge >= 0.3 is 0 Å². The zero-order valence-corrected chi connectivity index (χ0v) is 13.4. The van der Waals surface area contributed by atoms with E-state index in [4.69, 9.17) is 10.5 Å². The van der Waals surface area contributed by atoms with E-state index in [-0.39, 0.29) is 0 Å². The van der Waals surface area contributed by atoms with Gasteiger partial charge in [-0.15, -0.1) is 0 Å². The zero-order valence-electron chi connectivity index (χ0n) is 12.5. The van der Waals surface area contributed by atoms with Crippen molar-refractivity contribution in [3.63, 3.8) is 0 Å². The van der Waals surface area contributed by atoms with Gasteiger partial charge in [0.2, 0.25) is 0 Å². The van der Waals surface area contributed by atoms with Crippen LogP contribution in [0.4, 0.5) is 5.69 Å². The first-order valence-electron chi connectivity index (χ1n) is 7.36. The number of benzene rings is 2. The number of nitrogens with two attached hydrogens (primary N) is 1. The second-order valence-corrected chi connectivity index (χ2v) is 6.22. The number of rotatable bonds is 8. The topological polar surface area (TPSA) is 35.2 Å². The van der Waals surface area contributed by atoms with Crippen LogP contribution < -0.4 is 10.5 Å². The summed E-state index contributed by atoms with van der Waals surface area (Å²) in [6.07, 6.45) is 2.29. The first kappa shape index (κ1) is 15.8. The molecule has 0 aliphatic rings. The Hall–Kier alpha value is -1.61. The molecule has 0 aliphatic carbocycles. The summed E-state index contributed by atoms with van der Waals surface area (Å²) in [5.74, 6) is 3.23. The number of anilines is 1. The van der Waals surface area contributed by atoms with Crippen molar-refractivity contribution in [1.82, 2.24) is 0 Å². The average molecular weight is 301 g/mol. The standard InChI is InChI=1S/C18H23NOS/c1-15-6-2-3-7-18(15)20-12-4-5-13-21-14-16-8-10-17(19)11-9-16/h2-3,6-11H,4-5,12-14,19H2,1H3. The first-order valence-corrected chi connectivity index (χ1v) is 8.52. The highest BCUT2D eigenvalue weighted by molar-refractivity contribution is 7.98. The van der Waals surface area contributed by atoms with Gasteiger partial charge in [-0.2, -0.15) is 11.8 Å². The van der Waals surface area contributed by atoms with Crippen molar-refractivity contribution in [3.8, 4) is 5.75 Å². The summed E-state index contributed by atoms with van der Waals surface area (Å²) < 4.78 is 5.79. The number of aryl methyl sites for hydroxylation is 1. The Morgan fingerprint density at radius 1 is 1.00 bits per heavy atom. The van der Waals surface area contributed by atoms with Crippen LogP contribution in [-0.2, 0) is 5.75 Å². The second-order valence-electron chi connectivity index (χ2n) is 5.12. The van der Waals surface area contributed by atoms with Crippen LogP contribution in [0.3, 0.4) is 0 Å². The predicted octanol–water partition coefficient (Wildman–Crippen LogP) is 4.67. The van der Waals surface area contributed by atoms with E-state index in [9.17, 15) is 0 Å². The van der Waals surface area contributed by atoms with Crippen LogP contribution in [0.25, 0.3) is 0 Å². The molecule has 2 N–H and O–H groups in total. The van der Waals surface area contributed by atoms with Gasteiger partial charge in [0.25, 0.3) is 0 Å². The van der Waals surface area contributed by atoms with Crippen molar-refractivity contribution >= 4 is 17.4 Å². The van der Waals surface area contributed by atoms with Crippen LogP contribution in [0.5, 0.6) is 5.75 Å². The van der Waals surface area contributed by atoms with E-state index in [0.717, 1.165) is 30.2 Å². The van der Waals surface area contributed by atoms with Gasteiger partial charge in [0.1, 0.15) is 5.75 Å². The molecule has 0 unspecified atom stereocenters. The third kappa shape index (κ3) is 5.72. The molecule has 0 saturated heterocycles. The highest BCUT2D eigenvalue weighted by Crippen LogP contribution is 2.18. The molecule has 0 spiro atoms. The van der Waals surface area contributed by atoms with Crippen molar-refractivity contribution < 1.29 is 4.74 Å². The molecule has 0 atom stereocenters. The van der Waals surface area contributed by atoms with Crippen molar-refractivity contribution in [2.24, 2.45) is 0 Å². The van der Waals surface area contributed by atoms with E-state index < -0.39 is 0 Å². The minimum Gasteiger partial charge on any atom is -0.493 e. The maximum Gasteiger partial charge on any atom is 0.122 e. The molecule has 0 amide bonds. The van der Waals surface area contributed by atoms with Crippen molar-refractivity contribution in [2.75, 3.05) is 18.1 Å². The normalized spacial score (nSPS) is 10.5. The lowest BCUT2D eigenvalue weighted by Crippen LogP contribution is -1.99. The lowest BCUT2D eigenvalue weighted by molar-refractivity contribution is 0.308. The number of para-hydroxylation sites is 1. The lowest BCUT2D eigenvalue weighted by atomic mass is 10.2. The predicted molar refractivity (Wildman–Crippen MR) is 92.9 cm³/mol. The van der Waals surface area contributed by atoms with Gasteiger partial charge in [-0.3, -0.25) is 0 Å². The third-order valence-corrected chi connectivity index (χ3v) is 4.40. The number of hydrogen-bond donors (Lipinski definition) is 1. The number of thioether (sulfide) groups is 1. The Morgan fingerprint density at radius 2 is 1.76 bits per heavy atom. The van der Waals surface area contributed by atoms with Crippen LogP contribution in [0.2, 0.25) is 0 Å². The number of nitrogen functional groups attached to an aromatic ring is 1. The van der Waals surface area contributed by atoms with E-state index in [1.54, 1.807) is 0 Å². The van der Waals surface area contributed by atoms with Gasteiger partial charge in [0.05, 0.1) is 6.61 Å². The lowest BCUT2D eigenvalue weighted by Gasteiger charge is -2.08. The maximum atomic E-state index is 5.79. The molecule has 0 bridgehead atoms. The minimum atomic E-state index is 0.799. The largest absolute Gasteiger partial charge is 0.493 e. The van der Waals surface area contributed by atoms with Gasteiger partial charge in [0.15, 0.2) is 0 Å². The molecule has 0 heterocycles. The van der Waals surface area contributed by atoms with E-state index in [1.807, 2.05) is 42.1 Å². The molecule has 112 valence electrons. The van der Waals surface area contributed by atoms with Crippen molar-refractivity contribution in [3.05, 3.63) is 59.7 Å². The van der Waals surface area contributed by atoms with Crippen LogP contribution in [-0.4, -0.2) is 12.4 Å². The summed E-state index contributed by atoms with van der Waals surface area (Å²) in [5, 5.41) is 0. The van der Waals surface area contributed by atoms with Gasteiger partial charge < -0.3 is 10.5 Å². The molecule has 0 aliphatic heterocycles. The van der Waals surface area contributed by atoms with Gasteiger partial charge in [0, 0.05) is 11.4 Å². The quantitative estimate of drug-likeness (QED) is 0.568. The van der Waals surface area contributed by atoms with Gasteiger partial charge in [-0.05, 0) is 54.8 Å². The van der Waals surface area contributed by atoms with Crippen LogP contribution in [0.1, 0.15) is 24.0 Å². The average Bonchev–Trinajstić information content (AvgIpc) is 2.50. The summed E-state index contributed by atoms with van der Waals surface area (Å²) in [5.41, 5.74) is 9.05. The van der Waals surface area contributed by atoms with E-state index >= 15 is 0 Å². The Kier molecular flexibility index (Phi) is 6.48. The molecule has 2 rings (SSSR count). The monoisotopic (exact) mass is 301 g/mol. The van der Waals surface area contributed by atoms with E-state index in [1.165, 1.54) is 23.3 Å². The number of ether oxygens (including phenoxy) is 1. The molecular formula is C18H23NOS. The summed E-state index contributed by atoms with van der Waals surface area (Å²) in [6.45, 7) is 2.88. The molecule has 0 aromatic heterocycles. The highest BCUT2D eigenvalue weighted by atomic mass is 32.2. The fourth-order valence-electron chi connectivity index (χ4n) is 2.01. The summed E-state index contributed by atoms with van der Waals surface area (Å²) in [7, 11) is 0. The van der Waals surface area contributed by atoms with Crippen LogP contribution in [0.15, 0.2) is 48.5 Å². The molecule has 2 nitrogen and oxygen atoms in total. The first-order chi connectivity index (χ1) is 10.3. The third-order valence-electron chi connectivity index (χ3n) is 3.28. The maximum absolute atomic E-state index is 5.79. The van der Waals surface area contributed by atoms with Crippen LogP contribution >= 0.6 is 11.8 Å². The van der Waals surface area contributed by atoms with E-state index in [2.05, 4.69) is 25.1 Å². The fraction of sp³-hybridized carbons (Fsp3) is 0.333. The SMILES string of the molecule is Cc1ccccc1OCCCCSCc1ccc(N)cc1. The summed E-state index contributed by atoms with van der Waals surface area (Å²) in [4.78, 5) is 0. The molecule has 2 aromatic carbocycles. The number of hydrogen-bond acceptors (Lipinski definition) is 3. The fourth-order valence-corrected chi connectivity index (χ4v) is 2.99.